The molecular formula is C17H15NO3. The van der Waals surface area contributed by atoms with Gasteiger partial charge in [-0.15, -0.1) is 0 Å². The third-order valence-electron chi connectivity index (χ3n) is 3.67. The van der Waals surface area contributed by atoms with E-state index in [1.807, 2.05) is 43.3 Å². The van der Waals surface area contributed by atoms with Gasteiger partial charge in [0.1, 0.15) is 0 Å². The molecule has 0 saturated carbocycles. The Kier molecular flexibility index (Phi) is 3.31. The summed E-state index contributed by atoms with van der Waals surface area (Å²) in [6.45, 7) is 2.24. The molecule has 1 heterocycles. The first-order valence-electron chi connectivity index (χ1n) is 6.75. The number of aryl methyl sites for hydroxylation is 1. The van der Waals surface area contributed by atoms with E-state index in [1.165, 1.54) is 4.90 Å². The molecule has 106 valence electrons. The van der Waals surface area contributed by atoms with Crippen LogP contribution in [0.25, 0.3) is 0 Å². The Labute approximate surface area is 122 Å². The molecule has 0 aliphatic carbocycles. The minimum Gasteiger partial charge on any atom is -0.392 e. The Morgan fingerprint density at radius 2 is 1.67 bits per heavy atom. The van der Waals surface area contributed by atoms with Crippen molar-refractivity contribution in [2.24, 2.45) is 0 Å². The van der Waals surface area contributed by atoms with Crippen LogP contribution in [-0.4, -0.2) is 16.8 Å². The molecule has 0 aromatic heterocycles. The van der Waals surface area contributed by atoms with Gasteiger partial charge in [0.2, 0.25) is 0 Å². The highest BCUT2D eigenvalue weighted by Crippen LogP contribution is 2.31. The van der Waals surface area contributed by atoms with Crippen LogP contribution in [0.5, 0.6) is 0 Å². The van der Waals surface area contributed by atoms with Crippen LogP contribution in [0.4, 0.5) is 5.69 Å². The van der Waals surface area contributed by atoms with E-state index < -0.39 is 11.7 Å². The largest absolute Gasteiger partial charge is 0.392 e. The second-order valence-corrected chi connectivity index (χ2v) is 5.22. The van der Waals surface area contributed by atoms with Gasteiger partial charge in [0, 0.05) is 0 Å². The SMILES string of the molecule is Cc1ccc2c(c1)C(=O)C(=O)N2Cc1ccc(CO)cc1. The first kappa shape index (κ1) is 13.5. The highest BCUT2D eigenvalue weighted by atomic mass is 16.3. The highest BCUT2D eigenvalue weighted by Gasteiger charge is 2.35. The maximum atomic E-state index is 12.1. The topological polar surface area (TPSA) is 57.6 Å². The summed E-state index contributed by atoms with van der Waals surface area (Å²) >= 11 is 0. The summed E-state index contributed by atoms with van der Waals surface area (Å²) in [7, 11) is 0. The Morgan fingerprint density at radius 1 is 1.00 bits per heavy atom. The fraction of sp³-hybridized carbons (Fsp3) is 0.176. The lowest BCUT2D eigenvalue weighted by Crippen LogP contribution is -2.29. The molecule has 1 amide bonds. The third kappa shape index (κ3) is 2.34. The fourth-order valence-corrected chi connectivity index (χ4v) is 2.50. The van der Waals surface area contributed by atoms with Crippen molar-refractivity contribution < 1.29 is 14.7 Å². The number of Topliss-reactive ketones (excluding diaryl/α,β-unsaturated/α-hetero) is 1. The van der Waals surface area contributed by atoms with Crippen molar-refractivity contribution in [1.29, 1.82) is 0 Å². The van der Waals surface area contributed by atoms with Crippen LogP contribution in [-0.2, 0) is 17.9 Å². The quantitative estimate of drug-likeness (QED) is 0.878. The predicted octanol–water partition coefficient (Wildman–Crippen LogP) is 2.22. The smallest absolute Gasteiger partial charge is 0.299 e. The van der Waals surface area contributed by atoms with Gasteiger partial charge in [0.25, 0.3) is 11.7 Å². The number of carbonyl (C=O) groups is 2. The fourth-order valence-electron chi connectivity index (χ4n) is 2.50. The van der Waals surface area contributed by atoms with Gasteiger partial charge in [0.15, 0.2) is 0 Å². The molecule has 1 N–H and O–H groups in total. The summed E-state index contributed by atoms with van der Waals surface area (Å²) in [5.41, 5.74) is 3.85. The van der Waals surface area contributed by atoms with Gasteiger partial charge in [-0.05, 0) is 30.2 Å². The van der Waals surface area contributed by atoms with Gasteiger partial charge in [-0.25, -0.2) is 0 Å². The van der Waals surface area contributed by atoms with E-state index in [0.29, 0.717) is 17.8 Å². The molecule has 0 saturated heterocycles. The number of aliphatic hydroxyl groups is 1. The molecule has 2 aromatic carbocycles. The molecule has 2 aromatic rings. The molecule has 0 spiro atoms. The molecule has 4 heteroatoms. The van der Waals surface area contributed by atoms with Crippen molar-refractivity contribution in [2.75, 3.05) is 4.90 Å². The molecule has 4 nitrogen and oxygen atoms in total. The Bertz CT molecular complexity index is 719. The number of hydrogen-bond acceptors (Lipinski definition) is 3. The van der Waals surface area contributed by atoms with E-state index in [1.54, 1.807) is 6.07 Å². The van der Waals surface area contributed by atoms with Gasteiger partial charge in [0.05, 0.1) is 24.4 Å². The van der Waals surface area contributed by atoms with E-state index in [0.717, 1.165) is 16.7 Å². The highest BCUT2D eigenvalue weighted by molar-refractivity contribution is 6.52. The van der Waals surface area contributed by atoms with E-state index in [2.05, 4.69) is 0 Å². The maximum absolute atomic E-state index is 12.1. The second kappa shape index (κ2) is 5.14. The zero-order valence-electron chi connectivity index (χ0n) is 11.7. The zero-order valence-corrected chi connectivity index (χ0v) is 11.7. The van der Waals surface area contributed by atoms with E-state index in [-0.39, 0.29) is 6.61 Å². The molecule has 1 aliphatic rings. The van der Waals surface area contributed by atoms with Crippen LogP contribution >= 0.6 is 0 Å². The number of aliphatic hydroxyl groups excluding tert-OH is 1. The molecule has 0 radical (unpaired) electrons. The summed E-state index contributed by atoms with van der Waals surface area (Å²) in [6, 6.07) is 12.8. The number of carbonyl (C=O) groups excluding carboxylic acids is 2. The molecule has 3 rings (SSSR count). The average Bonchev–Trinajstić information content (AvgIpc) is 2.73. The number of fused-ring (bicyclic) bond motifs is 1. The number of rotatable bonds is 3. The summed E-state index contributed by atoms with van der Waals surface area (Å²) in [6.07, 6.45) is 0. The second-order valence-electron chi connectivity index (χ2n) is 5.22. The van der Waals surface area contributed by atoms with Crippen molar-refractivity contribution in [2.45, 2.75) is 20.1 Å². The molecular weight excluding hydrogens is 266 g/mol. The molecule has 0 fully saturated rings. The van der Waals surface area contributed by atoms with Crippen LogP contribution in [0.2, 0.25) is 0 Å². The molecule has 1 aliphatic heterocycles. The van der Waals surface area contributed by atoms with Gasteiger partial charge < -0.3 is 10.0 Å². The zero-order chi connectivity index (χ0) is 15.0. The number of hydrogen-bond donors (Lipinski definition) is 1. The lowest BCUT2D eigenvalue weighted by molar-refractivity contribution is -0.114. The van der Waals surface area contributed by atoms with Crippen molar-refractivity contribution in [3.05, 3.63) is 64.7 Å². The summed E-state index contributed by atoms with van der Waals surface area (Å²) in [5, 5.41) is 9.04. The minimum absolute atomic E-state index is 0.0104. The number of ketones is 1. The number of benzene rings is 2. The van der Waals surface area contributed by atoms with Gasteiger partial charge in [-0.1, -0.05) is 35.9 Å². The third-order valence-corrected chi connectivity index (χ3v) is 3.67. The first-order chi connectivity index (χ1) is 10.1. The summed E-state index contributed by atoms with van der Waals surface area (Å²) in [4.78, 5) is 25.7. The van der Waals surface area contributed by atoms with Crippen LogP contribution < -0.4 is 4.90 Å². The van der Waals surface area contributed by atoms with Crippen LogP contribution in [0, 0.1) is 6.92 Å². The summed E-state index contributed by atoms with van der Waals surface area (Å²) < 4.78 is 0. The lowest BCUT2D eigenvalue weighted by Gasteiger charge is -2.16. The number of nitrogens with zero attached hydrogens (tertiary/aromatic N) is 1. The normalized spacial score (nSPS) is 13.7. The number of amides is 1. The van der Waals surface area contributed by atoms with Crippen molar-refractivity contribution in [3.8, 4) is 0 Å². The molecule has 0 bridgehead atoms. The molecule has 21 heavy (non-hydrogen) atoms. The van der Waals surface area contributed by atoms with Crippen LogP contribution in [0.15, 0.2) is 42.5 Å². The van der Waals surface area contributed by atoms with E-state index >= 15 is 0 Å². The standard InChI is InChI=1S/C17H15NO3/c1-11-2-7-15-14(8-11)16(20)17(21)18(15)9-12-3-5-13(10-19)6-4-12/h2-8,19H,9-10H2,1H3. The lowest BCUT2D eigenvalue weighted by atomic mass is 10.1. The van der Waals surface area contributed by atoms with E-state index in [4.69, 9.17) is 5.11 Å². The average molecular weight is 281 g/mol. The predicted molar refractivity (Wildman–Crippen MR) is 79.1 cm³/mol. The molecule has 0 atom stereocenters. The number of anilines is 1. The van der Waals surface area contributed by atoms with E-state index in [9.17, 15) is 9.59 Å². The van der Waals surface area contributed by atoms with Crippen molar-refractivity contribution in [3.63, 3.8) is 0 Å². The van der Waals surface area contributed by atoms with Gasteiger partial charge >= 0.3 is 0 Å². The van der Waals surface area contributed by atoms with Gasteiger partial charge in [-0.3, -0.25) is 9.59 Å². The maximum Gasteiger partial charge on any atom is 0.299 e. The van der Waals surface area contributed by atoms with Crippen LogP contribution in [0.3, 0.4) is 0 Å². The van der Waals surface area contributed by atoms with Crippen molar-refractivity contribution in [1.82, 2.24) is 0 Å². The Balaban J connectivity index is 1.92. The van der Waals surface area contributed by atoms with Gasteiger partial charge in [-0.2, -0.15) is 0 Å². The minimum atomic E-state index is -0.484. The first-order valence-corrected chi connectivity index (χ1v) is 6.75. The monoisotopic (exact) mass is 281 g/mol. The van der Waals surface area contributed by atoms with Crippen molar-refractivity contribution >= 4 is 17.4 Å². The Hall–Kier alpha value is -2.46. The molecule has 0 unspecified atom stereocenters. The Morgan fingerprint density at radius 3 is 2.33 bits per heavy atom. The summed E-state index contributed by atoms with van der Waals surface area (Å²) in [5.74, 6) is -0.928. The van der Waals surface area contributed by atoms with Crippen LogP contribution in [0.1, 0.15) is 27.0 Å².